The van der Waals surface area contributed by atoms with Gasteiger partial charge in [0, 0.05) is 13.1 Å². The van der Waals surface area contributed by atoms with Gasteiger partial charge in [0.05, 0.1) is 19.6 Å². The van der Waals surface area contributed by atoms with E-state index in [0.29, 0.717) is 13.1 Å². The van der Waals surface area contributed by atoms with E-state index in [1.165, 1.54) is 20.3 Å². The standard InChI is InChI=1S/C14H20FNO3/c1-14(2,13(17)19-4)9-16-8-10-5-6-12(18-3)11(15)7-10/h5-7,16H,8-9H2,1-4H3. The van der Waals surface area contributed by atoms with E-state index in [-0.39, 0.29) is 11.7 Å². The van der Waals surface area contributed by atoms with Gasteiger partial charge in [-0.3, -0.25) is 4.79 Å². The van der Waals surface area contributed by atoms with Gasteiger partial charge >= 0.3 is 5.97 Å². The van der Waals surface area contributed by atoms with Crippen molar-refractivity contribution in [2.75, 3.05) is 20.8 Å². The van der Waals surface area contributed by atoms with E-state index in [1.807, 2.05) is 0 Å². The van der Waals surface area contributed by atoms with Crippen LogP contribution < -0.4 is 10.1 Å². The smallest absolute Gasteiger partial charge is 0.312 e. The minimum absolute atomic E-state index is 0.221. The van der Waals surface area contributed by atoms with Crippen molar-refractivity contribution in [3.63, 3.8) is 0 Å². The number of esters is 1. The van der Waals surface area contributed by atoms with Crippen molar-refractivity contribution in [1.29, 1.82) is 0 Å². The van der Waals surface area contributed by atoms with Crippen LogP contribution in [0.1, 0.15) is 19.4 Å². The van der Waals surface area contributed by atoms with Gasteiger partial charge < -0.3 is 14.8 Å². The number of hydrogen-bond donors (Lipinski definition) is 1. The normalized spacial score (nSPS) is 11.2. The van der Waals surface area contributed by atoms with E-state index in [4.69, 9.17) is 9.47 Å². The van der Waals surface area contributed by atoms with Crippen molar-refractivity contribution in [1.82, 2.24) is 5.32 Å². The second-order valence-corrected chi connectivity index (χ2v) is 4.95. The number of rotatable bonds is 6. The quantitative estimate of drug-likeness (QED) is 0.804. The molecule has 0 radical (unpaired) electrons. The van der Waals surface area contributed by atoms with E-state index < -0.39 is 11.2 Å². The maximum absolute atomic E-state index is 13.5. The second kappa shape index (κ2) is 6.52. The molecule has 5 heteroatoms. The molecule has 0 saturated heterocycles. The van der Waals surface area contributed by atoms with Crippen molar-refractivity contribution in [3.8, 4) is 5.75 Å². The summed E-state index contributed by atoms with van der Waals surface area (Å²) in [5.41, 5.74) is 0.179. The minimum Gasteiger partial charge on any atom is -0.494 e. The molecule has 1 aromatic carbocycles. The highest BCUT2D eigenvalue weighted by Crippen LogP contribution is 2.18. The lowest BCUT2D eigenvalue weighted by Gasteiger charge is -2.21. The molecule has 0 fully saturated rings. The Labute approximate surface area is 112 Å². The van der Waals surface area contributed by atoms with E-state index in [9.17, 15) is 9.18 Å². The molecule has 0 aromatic heterocycles. The Bertz CT molecular complexity index is 446. The van der Waals surface area contributed by atoms with Crippen LogP contribution in [0.2, 0.25) is 0 Å². The molecular formula is C14H20FNO3. The van der Waals surface area contributed by atoms with Gasteiger partial charge in [-0.05, 0) is 31.5 Å². The van der Waals surface area contributed by atoms with Crippen LogP contribution in [0.3, 0.4) is 0 Å². The van der Waals surface area contributed by atoms with Crippen LogP contribution in [-0.4, -0.2) is 26.7 Å². The number of hydrogen-bond acceptors (Lipinski definition) is 4. The molecule has 0 heterocycles. The zero-order valence-electron chi connectivity index (χ0n) is 11.7. The number of halogens is 1. The first kappa shape index (κ1) is 15.4. The van der Waals surface area contributed by atoms with Gasteiger partial charge in [0.15, 0.2) is 11.6 Å². The fraction of sp³-hybridized carbons (Fsp3) is 0.500. The molecule has 0 aliphatic carbocycles. The van der Waals surface area contributed by atoms with Gasteiger partial charge in [-0.1, -0.05) is 6.07 Å². The highest BCUT2D eigenvalue weighted by molar-refractivity contribution is 5.76. The summed E-state index contributed by atoms with van der Waals surface area (Å²) in [6, 6.07) is 4.77. The molecule has 0 aliphatic heterocycles. The molecule has 1 rings (SSSR count). The summed E-state index contributed by atoms with van der Waals surface area (Å²) in [5.74, 6) is -0.450. The van der Waals surface area contributed by atoms with Crippen LogP contribution in [0.15, 0.2) is 18.2 Å². The SMILES string of the molecule is COC(=O)C(C)(C)CNCc1ccc(OC)c(F)c1. The van der Waals surface area contributed by atoms with Crippen LogP contribution in [0, 0.1) is 11.2 Å². The molecule has 0 spiro atoms. The molecule has 4 nitrogen and oxygen atoms in total. The van der Waals surface area contributed by atoms with Crippen molar-refractivity contribution in [2.45, 2.75) is 20.4 Å². The molecule has 1 aromatic rings. The van der Waals surface area contributed by atoms with Crippen LogP contribution >= 0.6 is 0 Å². The summed E-state index contributed by atoms with van der Waals surface area (Å²) < 4.78 is 23.0. The third-order valence-corrected chi connectivity index (χ3v) is 2.85. The van der Waals surface area contributed by atoms with E-state index >= 15 is 0 Å². The average Bonchev–Trinajstić information content (AvgIpc) is 2.37. The van der Waals surface area contributed by atoms with E-state index in [0.717, 1.165) is 5.56 Å². The third kappa shape index (κ3) is 4.21. The molecule has 19 heavy (non-hydrogen) atoms. The van der Waals surface area contributed by atoms with Gasteiger partial charge in [0.1, 0.15) is 0 Å². The highest BCUT2D eigenvalue weighted by atomic mass is 19.1. The summed E-state index contributed by atoms with van der Waals surface area (Å²) >= 11 is 0. The predicted molar refractivity (Wildman–Crippen MR) is 70.5 cm³/mol. The molecule has 0 aliphatic rings. The van der Waals surface area contributed by atoms with Gasteiger partial charge in [0.2, 0.25) is 0 Å². The number of carbonyl (C=O) groups is 1. The van der Waals surface area contributed by atoms with E-state index in [1.54, 1.807) is 26.0 Å². The fourth-order valence-electron chi connectivity index (χ4n) is 1.69. The van der Waals surface area contributed by atoms with Crippen LogP contribution in [-0.2, 0) is 16.1 Å². The Kier molecular flexibility index (Phi) is 5.30. The first-order valence-electron chi connectivity index (χ1n) is 6.02. The van der Waals surface area contributed by atoms with Gasteiger partial charge in [0.25, 0.3) is 0 Å². The van der Waals surface area contributed by atoms with Crippen LogP contribution in [0.25, 0.3) is 0 Å². The predicted octanol–water partition coefficient (Wildman–Crippen LogP) is 2.12. The molecule has 0 bridgehead atoms. The number of nitrogens with one attached hydrogen (secondary N) is 1. The molecule has 0 unspecified atom stereocenters. The van der Waals surface area contributed by atoms with Crippen molar-refractivity contribution in [3.05, 3.63) is 29.6 Å². The monoisotopic (exact) mass is 269 g/mol. The molecule has 0 amide bonds. The third-order valence-electron chi connectivity index (χ3n) is 2.85. The Hall–Kier alpha value is -1.62. The molecule has 106 valence electrons. The van der Waals surface area contributed by atoms with Gasteiger partial charge in [-0.2, -0.15) is 0 Å². The average molecular weight is 269 g/mol. The van der Waals surface area contributed by atoms with E-state index in [2.05, 4.69) is 5.32 Å². The second-order valence-electron chi connectivity index (χ2n) is 4.95. The van der Waals surface area contributed by atoms with Gasteiger partial charge in [-0.25, -0.2) is 4.39 Å². The molecule has 0 saturated carbocycles. The minimum atomic E-state index is -0.611. The first-order chi connectivity index (χ1) is 8.90. The molecular weight excluding hydrogens is 249 g/mol. The maximum Gasteiger partial charge on any atom is 0.312 e. The highest BCUT2D eigenvalue weighted by Gasteiger charge is 2.27. The Morgan fingerprint density at radius 3 is 2.58 bits per heavy atom. The summed E-state index contributed by atoms with van der Waals surface area (Å²) in [6.45, 7) is 4.51. The summed E-state index contributed by atoms with van der Waals surface area (Å²) in [5, 5.41) is 3.11. The zero-order chi connectivity index (χ0) is 14.5. The summed E-state index contributed by atoms with van der Waals surface area (Å²) in [6.07, 6.45) is 0. The molecule has 0 atom stereocenters. The Morgan fingerprint density at radius 2 is 2.05 bits per heavy atom. The fourth-order valence-corrected chi connectivity index (χ4v) is 1.69. The van der Waals surface area contributed by atoms with Crippen molar-refractivity contribution >= 4 is 5.97 Å². The van der Waals surface area contributed by atoms with Crippen LogP contribution in [0.4, 0.5) is 4.39 Å². The number of methoxy groups -OCH3 is 2. The lowest BCUT2D eigenvalue weighted by molar-refractivity contribution is -0.150. The maximum atomic E-state index is 13.5. The van der Waals surface area contributed by atoms with Crippen molar-refractivity contribution < 1.29 is 18.7 Å². The van der Waals surface area contributed by atoms with Crippen LogP contribution in [0.5, 0.6) is 5.75 Å². The first-order valence-corrected chi connectivity index (χ1v) is 6.02. The lowest BCUT2D eigenvalue weighted by Crippen LogP contribution is -2.36. The molecule has 1 N–H and O–H groups in total. The Morgan fingerprint density at radius 1 is 1.37 bits per heavy atom. The summed E-state index contributed by atoms with van der Waals surface area (Å²) in [4.78, 5) is 11.5. The number of ether oxygens (including phenoxy) is 2. The largest absolute Gasteiger partial charge is 0.494 e. The lowest BCUT2D eigenvalue weighted by atomic mass is 9.94. The number of carbonyl (C=O) groups excluding carboxylic acids is 1. The number of benzene rings is 1. The topological polar surface area (TPSA) is 47.6 Å². The Balaban J connectivity index is 2.54. The van der Waals surface area contributed by atoms with Crippen molar-refractivity contribution in [2.24, 2.45) is 5.41 Å². The summed E-state index contributed by atoms with van der Waals surface area (Å²) in [7, 11) is 2.79. The van der Waals surface area contributed by atoms with Gasteiger partial charge in [-0.15, -0.1) is 0 Å². The zero-order valence-corrected chi connectivity index (χ0v) is 11.7.